The summed E-state index contributed by atoms with van der Waals surface area (Å²) in [5.74, 6) is 1.19. The summed E-state index contributed by atoms with van der Waals surface area (Å²) in [6, 6.07) is 0. The van der Waals surface area contributed by atoms with Crippen LogP contribution >= 0.6 is 0 Å². The zero-order chi connectivity index (χ0) is 9.56. The van der Waals surface area contributed by atoms with E-state index < -0.39 is 0 Å². The molecule has 1 N–H and O–H groups in total. The summed E-state index contributed by atoms with van der Waals surface area (Å²) in [7, 11) is 0. The first-order valence-electron chi connectivity index (χ1n) is 4.46. The lowest BCUT2D eigenvalue weighted by molar-refractivity contribution is -0.121. The first-order chi connectivity index (χ1) is 5.56. The highest BCUT2D eigenvalue weighted by atomic mass is 16.1. The molecule has 0 aliphatic rings. The van der Waals surface area contributed by atoms with Crippen molar-refractivity contribution in [2.45, 2.75) is 33.6 Å². The van der Waals surface area contributed by atoms with Crippen molar-refractivity contribution in [3.8, 4) is 0 Å². The summed E-state index contributed by atoms with van der Waals surface area (Å²) in [6.45, 7) is 9.87. The van der Waals surface area contributed by atoms with Gasteiger partial charge in [0.1, 0.15) is 0 Å². The van der Waals surface area contributed by atoms with E-state index in [-0.39, 0.29) is 5.91 Å². The van der Waals surface area contributed by atoms with Gasteiger partial charge in [-0.1, -0.05) is 27.4 Å². The van der Waals surface area contributed by atoms with E-state index in [9.17, 15) is 4.79 Å². The molecule has 0 radical (unpaired) electrons. The summed E-state index contributed by atoms with van der Waals surface area (Å²) >= 11 is 0. The molecule has 12 heavy (non-hydrogen) atoms. The maximum absolute atomic E-state index is 11.1. The molecule has 0 fully saturated rings. The maximum Gasteiger partial charge on any atom is 0.224 e. The van der Waals surface area contributed by atoms with E-state index in [4.69, 9.17) is 0 Å². The van der Waals surface area contributed by atoms with Crippen LogP contribution in [0.15, 0.2) is 12.8 Å². The monoisotopic (exact) mass is 169 g/mol. The van der Waals surface area contributed by atoms with E-state index in [1.807, 2.05) is 0 Å². The molecule has 0 unspecified atom stereocenters. The molecule has 1 amide bonds. The fourth-order valence-electron chi connectivity index (χ4n) is 1.38. The molecule has 0 aromatic heterocycles. The molecule has 0 aliphatic heterocycles. The van der Waals surface area contributed by atoms with Gasteiger partial charge in [-0.3, -0.25) is 4.79 Å². The third-order valence-electron chi connectivity index (χ3n) is 1.67. The Balaban J connectivity index is 3.60. The van der Waals surface area contributed by atoms with Gasteiger partial charge in [0.15, 0.2) is 0 Å². The van der Waals surface area contributed by atoms with Crippen LogP contribution in [0.4, 0.5) is 0 Å². The lowest BCUT2D eigenvalue weighted by Crippen LogP contribution is -2.19. The molecule has 2 heteroatoms. The number of hydrogen-bond acceptors (Lipinski definition) is 1. The van der Waals surface area contributed by atoms with E-state index >= 15 is 0 Å². The van der Waals surface area contributed by atoms with Gasteiger partial charge in [-0.15, -0.1) is 0 Å². The van der Waals surface area contributed by atoms with Crippen LogP contribution in [0.3, 0.4) is 0 Å². The Bertz CT molecular complexity index is 152. The lowest BCUT2D eigenvalue weighted by atomic mass is 9.96. The molecule has 0 aromatic rings. The second-order valence-corrected chi connectivity index (χ2v) is 3.71. The van der Waals surface area contributed by atoms with Crippen molar-refractivity contribution in [1.29, 1.82) is 0 Å². The quantitative estimate of drug-likeness (QED) is 0.672. The van der Waals surface area contributed by atoms with Crippen LogP contribution in [0.1, 0.15) is 33.6 Å². The number of rotatable bonds is 5. The molecule has 0 aliphatic carbocycles. The number of nitrogens with one attached hydrogen (secondary N) is 1. The van der Waals surface area contributed by atoms with E-state index in [0.29, 0.717) is 18.3 Å². The number of hydrogen-bond donors (Lipinski definition) is 1. The van der Waals surface area contributed by atoms with Gasteiger partial charge in [0.05, 0.1) is 0 Å². The minimum absolute atomic E-state index is 0.0677. The molecule has 1 atom stereocenters. The Hall–Kier alpha value is -0.790. The smallest absolute Gasteiger partial charge is 0.224 e. The highest BCUT2D eigenvalue weighted by Crippen LogP contribution is 2.13. The largest absolute Gasteiger partial charge is 0.333 e. The third kappa shape index (κ3) is 5.96. The van der Waals surface area contributed by atoms with E-state index in [0.717, 1.165) is 6.42 Å². The summed E-state index contributed by atoms with van der Waals surface area (Å²) in [5.41, 5.74) is 0. The second kappa shape index (κ2) is 5.81. The van der Waals surface area contributed by atoms with Gasteiger partial charge in [0.25, 0.3) is 0 Å². The summed E-state index contributed by atoms with van der Waals surface area (Å²) in [4.78, 5) is 11.1. The average molecular weight is 169 g/mol. The van der Waals surface area contributed by atoms with Crippen molar-refractivity contribution in [3.63, 3.8) is 0 Å². The standard InChI is InChI=1S/C10H19NO/c1-5-11-10(12)7-9(4)6-8(2)3/h5,8-9H,1,6-7H2,2-4H3,(H,11,12)/t9-/m1/s1. The van der Waals surface area contributed by atoms with Crippen molar-refractivity contribution < 1.29 is 4.79 Å². The molecular formula is C10H19NO. The Morgan fingerprint density at radius 2 is 2.08 bits per heavy atom. The summed E-state index contributed by atoms with van der Waals surface area (Å²) < 4.78 is 0. The predicted octanol–water partition coefficient (Wildman–Crippen LogP) is 2.32. The van der Waals surface area contributed by atoms with Crippen LogP contribution in [-0.2, 0) is 4.79 Å². The van der Waals surface area contributed by atoms with Crippen LogP contribution < -0.4 is 5.32 Å². The molecule has 0 spiro atoms. The highest BCUT2D eigenvalue weighted by molar-refractivity contribution is 5.76. The molecule has 2 nitrogen and oxygen atoms in total. The highest BCUT2D eigenvalue weighted by Gasteiger charge is 2.09. The van der Waals surface area contributed by atoms with Crippen LogP contribution in [0.2, 0.25) is 0 Å². The molecular weight excluding hydrogens is 150 g/mol. The first kappa shape index (κ1) is 11.2. The number of amides is 1. The SMILES string of the molecule is C=CNC(=O)C[C@H](C)CC(C)C. The van der Waals surface area contributed by atoms with E-state index in [2.05, 4.69) is 32.7 Å². The zero-order valence-electron chi connectivity index (χ0n) is 8.26. The average Bonchev–Trinajstić information content (AvgIpc) is 1.84. The Morgan fingerprint density at radius 1 is 1.50 bits per heavy atom. The first-order valence-corrected chi connectivity index (χ1v) is 4.46. The van der Waals surface area contributed by atoms with Crippen molar-refractivity contribution in [3.05, 3.63) is 12.8 Å². The topological polar surface area (TPSA) is 29.1 Å². The van der Waals surface area contributed by atoms with Gasteiger partial charge in [-0.25, -0.2) is 0 Å². The molecule has 0 saturated carbocycles. The number of carbonyl (C=O) groups is 1. The fraction of sp³-hybridized carbons (Fsp3) is 0.700. The molecule has 0 rings (SSSR count). The Morgan fingerprint density at radius 3 is 2.50 bits per heavy atom. The molecule has 0 heterocycles. The van der Waals surface area contributed by atoms with Gasteiger partial charge < -0.3 is 5.32 Å². The van der Waals surface area contributed by atoms with Crippen LogP contribution in [0.5, 0.6) is 0 Å². The number of carbonyl (C=O) groups excluding carboxylic acids is 1. The van der Waals surface area contributed by atoms with Crippen molar-refractivity contribution >= 4 is 5.91 Å². The lowest BCUT2D eigenvalue weighted by Gasteiger charge is -2.12. The van der Waals surface area contributed by atoms with Gasteiger partial charge in [0, 0.05) is 6.42 Å². The third-order valence-corrected chi connectivity index (χ3v) is 1.67. The minimum Gasteiger partial charge on any atom is -0.333 e. The van der Waals surface area contributed by atoms with Gasteiger partial charge in [0.2, 0.25) is 5.91 Å². The predicted molar refractivity (Wildman–Crippen MR) is 51.6 cm³/mol. The molecule has 0 bridgehead atoms. The van der Waals surface area contributed by atoms with Crippen molar-refractivity contribution in [1.82, 2.24) is 5.32 Å². The Kier molecular flexibility index (Phi) is 5.43. The summed E-state index contributed by atoms with van der Waals surface area (Å²) in [5, 5.41) is 2.57. The van der Waals surface area contributed by atoms with Crippen LogP contribution in [0, 0.1) is 11.8 Å². The molecule has 0 aromatic carbocycles. The van der Waals surface area contributed by atoms with Gasteiger partial charge in [-0.05, 0) is 24.5 Å². The van der Waals surface area contributed by atoms with Gasteiger partial charge >= 0.3 is 0 Å². The summed E-state index contributed by atoms with van der Waals surface area (Å²) in [6.07, 6.45) is 3.14. The molecule has 0 saturated heterocycles. The molecule has 70 valence electrons. The zero-order valence-corrected chi connectivity index (χ0v) is 8.26. The maximum atomic E-state index is 11.1. The Labute approximate surface area is 75.0 Å². The van der Waals surface area contributed by atoms with E-state index in [1.165, 1.54) is 6.20 Å². The van der Waals surface area contributed by atoms with Crippen molar-refractivity contribution in [2.75, 3.05) is 0 Å². The fourth-order valence-corrected chi connectivity index (χ4v) is 1.38. The minimum atomic E-state index is 0.0677. The normalized spacial score (nSPS) is 12.7. The van der Waals surface area contributed by atoms with Gasteiger partial charge in [-0.2, -0.15) is 0 Å². The van der Waals surface area contributed by atoms with Crippen molar-refractivity contribution in [2.24, 2.45) is 11.8 Å². The van der Waals surface area contributed by atoms with Crippen LogP contribution in [-0.4, -0.2) is 5.91 Å². The van der Waals surface area contributed by atoms with E-state index in [1.54, 1.807) is 0 Å². The second-order valence-electron chi connectivity index (χ2n) is 3.71. The van der Waals surface area contributed by atoms with Crippen LogP contribution in [0.25, 0.3) is 0 Å².